The highest BCUT2D eigenvalue weighted by molar-refractivity contribution is 6.15. The van der Waals surface area contributed by atoms with Crippen molar-refractivity contribution >= 4 is 38.6 Å². The van der Waals surface area contributed by atoms with E-state index in [1.165, 1.54) is 88.3 Å². The standard InChI is InChI=1S/C59H43N/c1-59(2)54-33-16-15-29-50(54)51-36-35-43(38-55(51)59)42-24-17-25-45(37-42)60(57-39-44-23-9-10-27-47(44)49-28-12-13-30-52(49)57)56-34-18-32-48(41-21-7-4-8-22-41)58(56)53-31-14-11-26-46(53)40-19-5-3-6-20-40/h3-39H,1-2H3. The van der Waals surface area contributed by atoms with Crippen LogP contribution in [-0.4, -0.2) is 0 Å². The summed E-state index contributed by atoms with van der Waals surface area (Å²) in [5.41, 5.74) is 18.2. The molecule has 0 radical (unpaired) electrons. The molecule has 284 valence electrons. The van der Waals surface area contributed by atoms with E-state index in [9.17, 15) is 0 Å². The molecule has 0 aliphatic heterocycles. The number of nitrogens with zero attached hydrogens (tertiary/aromatic N) is 1. The molecule has 1 heteroatoms. The predicted molar refractivity (Wildman–Crippen MR) is 255 cm³/mol. The van der Waals surface area contributed by atoms with Crippen molar-refractivity contribution in [2.24, 2.45) is 0 Å². The highest BCUT2D eigenvalue weighted by Crippen LogP contribution is 2.52. The zero-order valence-electron chi connectivity index (χ0n) is 33.8. The molecule has 0 amide bonds. The number of rotatable bonds is 7. The van der Waals surface area contributed by atoms with E-state index >= 15 is 0 Å². The zero-order valence-corrected chi connectivity index (χ0v) is 33.8. The van der Waals surface area contributed by atoms with E-state index in [1.807, 2.05) is 0 Å². The first-order valence-corrected chi connectivity index (χ1v) is 20.9. The molecule has 0 bridgehead atoms. The number of anilines is 3. The summed E-state index contributed by atoms with van der Waals surface area (Å²) in [4.78, 5) is 2.52. The number of fused-ring (bicyclic) bond motifs is 6. The summed E-state index contributed by atoms with van der Waals surface area (Å²) >= 11 is 0. The fourth-order valence-corrected chi connectivity index (χ4v) is 9.77. The fraction of sp³-hybridized carbons (Fsp3) is 0.0508. The fourth-order valence-electron chi connectivity index (χ4n) is 9.77. The van der Waals surface area contributed by atoms with E-state index in [1.54, 1.807) is 0 Å². The molecule has 0 spiro atoms. The van der Waals surface area contributed by atoms with Gasteiger partial charge in [0, 0.05) is 22.1 Å². The van der Waals surface area contributed by atoms with Gasteiger partial charge in [0.1, 0.15) is 0 Å². The van der Waals surface area contributed by atoms with Gasteiger partial charge in [0.15, 0.2) is 0 Å². The second-order valence-electron chi connectivity index (χ2n) is 16.5. The minimum atomic E-state index is -0.0888. The van der Waals surface area contributed by atoms with Crippen LogP contribution in [0.25, 0.3) is 77.2 Å². The van der Waals surface area contributed by atoms with Crippen molar-refractivity contribution in [3.8, 4) is 55.6 Å². The van der Waals surface area contributed by atoms with Crippen molar-refractivity contribution in [1.82, 2.24) is 0 Å². The Morgan fingerprint density at radius 2 is 0.867 bits per heavy atom. The number of hydrogen-bond acceptors (Lipinski definition) is 1. The van der Waals surface area contributed by atoms with Crippen LogP contribution < -0.4 is 4.90 Å². The third-order valence-electron chi connectivity index (χ3n) is 12.7. The number of hydrogen-bond donors (Lipinski definition) is 0. The van der Waals surface area contributed by atoms with E-state index in [2.05, 4.69) is 243 Å². The Bertz CT molecular complexity index is 3230. The van der Waals surface area contributed by atoms with Gasteiger partial charge in [-0.2, -0.15) is 0 Å². The summed E-state index contributed by atoms with van der Waals surface area (Å²) in [6.45, 7) is 4.72. The average molecular weight is 766 g/mol. The van der Waals surface area contributed by atoms with Crippen LogP contribution in [0.15, 0.2) is 224 Å². The lowest BCUT2D eigenvalue weighted by molar-refractivity contribution is 0.660. The maximum Gasteiger partial charge on any atom is 0.0546 e. The van der Waals surface area contributed by atoms with Gasteiger partial charge in [0.2, 0.25) is 0 Å². The molecular formula is C59H43N. The first kappa shape index (κ1) is 35.7. The van der Waals surface area contributed by atoms with E-state index in [4.69, 9.17) is 0 Å². The van der Waals surface area contributed by atoms with Crippen LogP contribution in [0, 0.1) is 0 Å². The Hall–Kier alpha value is -7.48. The molecule has 60 heavy (non-hydrogen) atoms. The zero-order chi connectivity index (χ0) is 40.2. The second kappa shape index (κ2) is 14.4. The quantitative estimate of drug-likeness (QED) is 0.146. The Kier molecular flexibility index (Phi) is 8.57. The van der Waals surface area contributed by atoms with E-state index in [-0.39, 0.29) is 5.41 Å². The van der Waals surface area contributed by atoms with Gasteiger partial charge in [-0.05, 0) is 108 Å². The van der Waals surface area contributed by atoms with E-state index < -0.39 is 0 Å². The molecule has 1 aliphatic rings. The third-order valence-corrected chi connectivity index (χ3v) is 12.7. The van der Waals surface area contributed by atoms with Crippen LogP contribution >= 0.6 is 0 Å². The van der Waals surface area contributed by atoms with Crippen LogP contribution in [0.4, 0.5) is 17.1 Å². The van der Waals surface area contributed by atoms with Crippen LogP contribution in [-0.2, 0) is 5.41 Å². The largest absolute Gasteiger partial charge is 0.309 e. The Balaban J connectivity index is 1.20. The lowest BCUT2D eigenvalue weighted by atomic mass is 9.81. The third kappa shape index (κ3) is 5.85. The van der Waals surface area contributed by atoms with E-state index in [0.29, 0.717) is 0 Å². The molecule has 10 aromatic carbocycles. The molecule has 0 fully saturated rings. The Labute approximate surface area is 352 Å². The molecule has 0 saturated heterocycles. The summed E-state index contributed by atoms with van der Waals surface area (Å²) in [5.74, 6) is 0. The molecule has 10 aromatic rings. The molecule has 1 aliphatic carbocycles. The van der Waals surface area contributed by atoms with Crippen molar-refractivity contribution < 1.29 is 0 Å². The summed E-state index contributed by atoms with van der Waals surface area (Å²) in [6, 6.07) is 82.6. The molecular weight excluding hydrogens is 723 g/mol. The predicted octanol–water partition coefficient (Wildman–Crippen LogP) is 16.4. The average Bonchev–Trinajstić information content (AvgIpc) is 3.55. The number of benzene rings is 10. The Morgan fingerprint density at radius 1 is 0.317 bits per heavy atom. The normalized spacial score (nSPS) is 12.6. The molecule has 0 aromatic heterocycles. The van der Waals surface area contributed by atoms with Gasteiger partial charge in [-0.1, -0.05) is 208 Å². The highest BCUT2D eigenvalue weighted by Gasteiger charge is 2.35. The maximum absolute atomic E-state index is 2.52. The Morgan fingerprint density at radius 3 is 1.65 bits per heavy atom. The van der Waals surface area contributed by atoms with Crippen LogP contribution in [0.3, 0.4) is 0 Å². The summed E-state index contributed by atoms with van der Waals surface area (Å²) in [5, 5.41) is 4.89. The first-order valence-electron chi connectivity index (χ1n) is 20.9. The molecule has 0 heterocycles. The molecule has 0 unspecified atom stereocenters. The van der Waals surface area contributed by atoms with Crippen LogP contribution in [0.5, 0.6) is 0 Å². The lowest BCUT2D eigenvalue weighted by Gasteiger charge is -2.31. The molecule has 0 saturated carbocycles. The first-order chi connectivity index (χ1) is 29.5. The van der Waals surface area contributed by atoms with Crippen molar-refractivity contribution in [3.05, 3.63) is 236 Å². The van der Waals surface area contributed by atoms with Gasteiger partial charge in [0.25, 0.3) is 0 Å². The van der Waals surface area contributed by atoms with Crippen LogP contribution in [0.2, 0.25) is 0 Å². The van der Waals surface area contributed by atoms with Gasteiger partial charge in [0.05, 0.1) is 11.4 Å². The molecule has 0 atom stereocenters. The minimum Gasteiger partial charge on any atom is -0.309 e. The maximum atomic E-state index is 2.52. The van der Waals surface area contributed by atoms with Gasteiger partial charge >= 0.3 is 0 Å². The molecule has 1 nitrogen and oxygen atoms in total. The minimum absolute atomic E-state index is 0.0888. The van der Waals surface area contributed by atoms with Crippen molar-refractivity contribution in [2.75, 3.05) is 4.90 Å². The topological polar surface area (TPSA) is 3.24 Å². The van der Waals surface area contributed by atoms with E-state index in [0.717, 1.165) is 17.1 Å². The summed E-state index contributed by atoms with van der Waals surface area (Å²) < 4.78 is 0. The monoisotopic (exact) mass is 765 g/mol. The van der Waals surface area contributed by atoms with Gasteiger partial charge < -0.3 is 4.90 Å². The van der Waals surface area contributed by atoms with Crippen molar-refractivity contribution in [2.45, 2.75) is 19.3 Å². The van der Waals surface area contributed by atoms with Gasteiger partial charge in [-0.3, -0.25) is 0 Å². The molecule has 0 N–H and O–H groups in total. The lowest BCUT2D eigenvalue weighted by Crippen LogP contribution is -2.15. The summed E-state index contributed by atoms with van der Waals surface area (Å²) in [7, 11) is 0. The van der Waals surface area contributed by atoms with Crippen LogP contribution in [0.1, 0.15) is 25.0 Å². The van der Waals surface area contributed by atoms with Gasteiger partial charge in [-0.25, -0.2) is 0 Å². The van der Waals surface area contributed by atoms with Gasteiger partial charge in [-0.15, -0.1) is 0 Å². The van der Waals surface area contributed by atoms with Crippen molar-refractivity contribution in [3.63, 3.8) is 0 Å². The van der Waals surface area contributed by atoms with Crippen molar-refractivity contribution in [1.29, 1.82) is 0 Å². The molecule has 11 rings (SSSR count). The summed E-state index contributed by atoms with van der Waals surface area (Å²) in [6.07, 6.45) is 0. The SMILES string of the molecule is CC1(C)c2ccccc2-c2ccc(-c3cccc(N(c4cccc(-c5ccccc5)c4-c4ccccc4-c4ccccc4)c4cc5ccccc5c5ccccc45)c3)cc21. The second-order valence-corrected chi connectivity index (χ2v) is 16.5. The highest BCUT2D eigenvalue weighted by atomic mass is 15.1. The smallest absolute Gasteiger partial charge is 0.0546 e.